The van der Waals surface area contributed by atoms with Crippen LogP contribution in [0.4, 0.5) is 0 Å². The molecule has 0 radical (unpaired) electrons. The second-order valence-electron chi connectivity index (χ2n) is 15.0. The molecule has 3 heterocycles. The molecule has 0 fully saturated rings. The van der Waals surface area contributed by atoms with Crippen molar-refractivity contribution in [1.29, 1.82) is 0 Å². The molecule has 13 rings (SSSR count). The topological polar surface area (TPSA) is 79.9 Å². The molecule has 266 valence electrons. The van der Waals surface area contributed by atoms with Crippen molar-refractivity contribution < 1.29 is 23.5 Å². The van der Waals surface area contributed by atoms with E-state index in [9.17, 15) is 10.2 Å². The molecule has 0 atom stereocenters. The van der Waals surface area contributed by atoms with Crippen molar-refractivity contribution >= 4 is 98.1 Å². The number of rotatable bonds is 3. The summed E-state index contributed by atoms with van der Waals surface area (Å²) in [7, 11) is 0. The predicted octanol–water partition coefficient (Wildman–Crippen LogP) is 14.7. The number of hydrogen-bond acceptors (Lipinski definition) is 5. The first-order valence-corrected chi connectivity index (χ1v) is 19.0. The van der Waals surface area contributed by atoms with E-state index in [4.69, 9.17) is 13.3 Å². The Morgan fingerprint density at radius 3 is 1.18 bits per heavy atom. The first-order valence-electron chi connectivity index (χ1n) is 19.0. The molecule has 0 spiro atoms. The molecule has 0 unspecified atom stereocenters. The fourth-order valence-electron chi connectivity index (χ4n) is 9.67. The molecule has 57 heavy (non-hydrogen) atoms. The second-order valence-corrected chi connectivity index (χ2v) is 15.0. The predicted molar refractivity (Wildman–Crippen MR) is 232 cm³/mol. The van der Waals surface area contributed by atoms with Gasteiger partial charge in [-0.05, 0) is 56.6 Å². The van der Waals surface area contributed by atoms with Gasteiger partial charge in [-0.1, -0.05) is 133 Å². The molecule has 0 saturated carbocycles. The molecule has 13 aromatic rings. The van der Waals surface area contributed by atoms with E-state index in [2.05, 4.69) is 54.6 Å². The van der Waals surface area contributed by atoms with Crippen LogP contribution in [0.25, 0.3) is 132 Å². The van der Waals surface area contributed by atoms with E-state index in [1.165, 1.54) is 0 Å². The molecule has 0 aliphatic carbocycles. The molecule has 0 amide bonds. The summed E-state index contributed by atoms with van der Waals surface area (Å²) in [5.74, 6) is 0.299. The average molecular weight is 733 g/mol. The zero-order chi connectivity index (χ0) is 37.5. The quantitative estimate of drug-likeness (QED) is 0.177. The van der Waals surface area contributed by atoms with Crippen LogP contribution < -0.4 is 0 Å². The van der Waals surface area contributed by atoms with Gasteiger partial charge in [-0.15, -0.1) is 0 Å². The van der Waals surface area contributed by atoms with Crippen LogP contribution in [0.2, 0.25) is 0 Å². The summed E-state index contributed by atoms with van der Waals surface area (Å²) >= 11 is 0. The van der Waals surface area contributed by atoms with Gasteiger partial charge in [0.25, 0.3) is 0 Å². The first-order chi connectivity index (χ1) is 28.1. The summed E-state index contributed by atoms with van der Waals surface area (Å²) in [6.07, 6.45) is 0. The number of phenols is 2. The van der Waals surface area contributed by atoms with Crippen molar-refractivity contribution in [3.8, 4) is 44.9 Å². The smallest absolute Gasteiger partial charge is 0.143 e. The number of aromatic hydroxyl groups is 2. The SMILES string of the molecule is Oc1cc2ccc3c(-c4cccc5c4oc4ccccc45)c(O)c(-c4cccc5c4oc4ccccc45)c4ccc(c1-c1cccc5c1oc1ccccc15)c2c34. The highest BCUT2D eigenvalue weighted by Gasteiger charge is 2.28. The van der Waals surface area contributed by atoms with E-state index in [0.29, 0.717) is 27.9 Å². The Hall–Kier alpha value is -7.76. The third-order valence-electron chi connectivity index (χ3n) is 12.0. The minimum absolute atomic E-state index is 0.136. The van der Waals surface area contributed by atoms with Gasteiger partial charge in [-0.2, -0.15) is 0 Å². The van der Waals surface area contributed by atoms with Gasteiger partial charge in [-0.25, -0.2) is 0 Å². The summed E-state index contributed by atoms with van der Waals surface area (Å²) in [5, 5.41) is 36.3. The van der Waals surface area contributed by atoms with Gasteiger partial charge < -0.3 is 23.5 Å². The van der Waals surface area contributed by atoms with Crippen LogP contribution in [0.15, 0.2) is 171 Å². The minimum atomic E-state index is 0.136. The zero-order valence-electron chi connectivity index (χ0n) is 30.1. The molecule has 0 aliphatic rings. The maximum atomic E-state index is 13.0. The van der Waals surface area contributed by atoms with Crippen molar-refractivity contribution in [1.82, 2.24) is 0 Å². The lowest BCUT2D eigenvalue weighted by atomic mass is 9.82. The third kappa shape index (κ3) is 3.97. The minimum Gasteiger partial charge on any atom is -0.507 e. The summed E-state index contributed by atoms with van der Waals surface area (Å²) < 4.78 is 19.8. The Balaban J connectivity index is 1.21. The van der Waals surface area contributed by atoms with E-state index in [1.54, 1.807) is 0 Å². The molecule has 0 bridgehead atoms. The van der Waals surface area contributed by atoms with Crippen molar-refractivity contribution in [2.45, 2.75) is 0 Å². The Morgan fingerprint density at radius 2 is 0.702 bits per heavy atom. The van der Waals surface area contributed by atoms with Crippen LogP contribution in [0.5, 0.6) is 11.5 Å². The third-order valence-corrected chi connectivity index (χ3v) is 12.0. The molecule has 0 aliphatic heterocycles. The van der Waals surface area contributed by atoms with Gasteiger partial charge in [0.15, 0.2) is 0 Å². The Labute approximate surface area is 323 Å². The van der Waals surface area contributed by atoms with Crippen LogP contribution in [0.3, 0.4) is 0 Å². The zero-order valence-corrected chi connectivity index (χ0v) is 30.1. The summed E-state index contributed by atoms with van der Waals surface area (Å²) in [6, 6.07) is 52.6. The van der Waals surface area contributed by atoms with Crippen LogP contribution >= 0.6 is 0 Å². The van der Waals surface area contributed by atoms with E-state index in [0.717, 1.165) is 104 Å². The maximum absolute atomic E-state index is 13.0. The van der Waals surface area contributed by atoms with Crippen molar-refractivity contribution in [3.63, 3.8) is 0 Å². The lowest BCUT2D eigenvalue weighted by Crippen LogP contribution is -1.94. The fraction of sp³-hybridized carbons (Fsp3) is 0. The molecule has 2 N–H and O–H groups in total. The van der Waals surface area contributed by atoms with Gasteiger partial charge in [0.05, 0.1) is 0 Å². The van der Waals surface area contributed by atoms with E-state index >= 15 is 0 Å². The van der Waals surface area contributed by atoms with Crippen LogP contribution in [0, 0.1) is 0 Å². The number of phenolic OH excluding ortho intramolecular Hbond substituents is 2. The summed E-state index contributed by atoms with van der Waals surface area (Å²) in [6.45, 7) is 0. The molecule has 3 aromatic heterocycles. The lowest BCUT2D eigenvalue weighted by Gasteiger charge is -2.21. The van der Waals surface area contributed by atoms with Crippen molar-refractivity contribution in [2.75, 3.05) is 0 Å². The van der Waals surface area contributed by atoms with Gasteiger partial charge in [0.1, 0.15) is 45.0 Å². The lowest BCUT2D eigenvalue weighted by molar-refractivity contribution is 0.478. The van der Waals surface area contributed by atoms with E-state index in [-0.39, 0.29) is 11.5 Å². The highest BCUT2D eigenvalue weighted by Crippen LogP contribution is 2.55. The molecule has 10 aromatic carbocycles. The summed E-state index contributed by atoms with van der Waals surface area (Å²) in [4.78, 5) is 0. The first kappa shape index (κ1) is 30.6. The number of para-hydroxylation sites is 6. The maximum Gasteiger partial charge on any atom is 0.143 e. The molecule has 5 heteroatoms. The number of hydrogen-bond donors (Lipinski definition) is 2. The normalized spacial score (nSPS) is 12.4. The number of furan rings is 3. The van der Waals surface area contributed by atoms with Crippen molar-refractivity contribution in [2.24, 2.45) is 0 Å². The van der Waals surface area contributed by atoms with Crippen LogP contribution in [0.1, 0.15) is 0 Å². The Kier molecular flexibility index (Phi) is 5.86. The van der Waals surface area contributed by atoms with E-state index in [1.807, 2.05) is 103 Å². The van der Waals surface area contributed by atoms with Gasteiger partial charge in [-0.3, -0.25) is 0 Å². The van der Waals surface area contributed by atoms with Crippen LogP contribution in [-0.4, -0.2) is 10.2 Å². The monoisotopic (exact) mass is 732 g/mol. The number of fused-ring (bicyclic) bond motifs is 9. The van der Waals surface area contributed by atoms with Gasteiger partial charge in [0, 0.05) is 65.7 Å². The highest BCUT2D eigenvalue weighted by molar-refractivity contribution is 6.33. The average Bonchev–Trinajstić information content (AvgIpc) is 3.94. The van der Waals surface area contributed by atoms with Gasteiger partial charge >= 0.3 is 0 Å². The molecule has 5 nitrogen and oxygen atoms in total. The fourth-order valence-corrected chi connectivity index (χ4v) is 9.67. The second kappa shape index (κ2) is 10.9. The number of benzene rings is 10. The summed E-state index contributed by atoms with van der Waals surface area (Å²) in [5.41, 5.74) is 8.87. The standard InChI is InChI=1S/C52H28O5/c53-40-26-27-22-23-35-46-36(25-24-34(44(27)46)45(40)37-16-7-13-31-28-10-1-4-19-41(28)55-50(31)37)48(39-18-9-15-33-30-12-3-6-21-43(30)57-52(33)39)49(54)47(35)38-17-8-14-32-29-11-2-5-20-42(29)56-51(32)38/h1-26,53-54H. The van der Waals surface area contributed by atoms with E-state index < -0.39 is 0 Å². The van der Waals surface area contributed by atoms with Crippen molar-refractivity contribution in [3.05, 3.63) is 158 Å². The largest absolute Gasteiger partial charge is 0.507 e. The Bertz CT molecular complexity index is 3700. The molecular formula is C52H28O5. The van der Waals surface area contributed by atoms with Crippen LogP contribution in [-0.2, 0) is 0 Å². The molecular weight excluding hydrogens is 705 g/mol. The van der Waals surface area contributed by atoms with Gasteiger partial charge in [0.2, 0.25) is 0 Å². The molecule has 0 saturated heterocycles. The highest BCUT2D eigenvalue weighted by atomic mass is 16.3. The Morgan fingerprint density at radius 1 is 0.316 bits per heavy atom.